The number of nitrogens with one attached hydrogen (secondary N) is 1. The smallest absolute Gasteiger partial charge is 0.209 e. The number of aromatic nitrogens is 2. The third kappa shape index (κ3) is 3.81. The first-order valence-corrected chi connectivity index (χ1v) is 15.0. The zero-order chi connectivity index (χ0) is 29.0. The average Bonchev–Trinajstić information content (AvgIpc) is 3.61. The minimum absolute atomic E-state index is 0.0213. The molecule has 1 unspecified atom stereocenters. The second-order valence-corrected chi connectivity index (χ2v) is 11.3. The van der Waals surface area contributed by atoms with Crippen molar-refractivity contribution in [1.82, 2.24) is 14.5 Å². The van der Waals surface area contributed by atoms with E-state index in [-0.39, 0.29) is 6.04 Å². The van der Waals surface area contributed by atoms with Crippen LogP contribution in [0.3, 0.4) is 0 Å². The lowest BCUT2D eigenvalue weighted by Gasteiger charge is -2.25. The zero-order valence-electron chi connectivity index (χ0n) is 23.9. The van der Waals surface area contributed by atoms with Gasteiger partial charge in [-0.15, -0.1) is 0 Å². The van der Waals surface area contributed by atoms with Gasteiger partial charge in [-0.1, -0.05) is 115 Å². The lowest BCUT2D eigenvalue weighted by atomic mass is 10.0. The largest absolute Gasteiger partial charge is 0.345 e. The number of nitrogens with zero attached hydrogens (tertiary/aromatic N) is 3. The Balaban J connectivity index is 1.27. The van der Waals surface area contributed by atoms with Crippen LogP contribution < -0.4 is 5.32 Å². The molecule has 8 aromatic rings. The van der Waals surface area contributed by atoms with E-state index >= 15 is 0 Å². The van der Waals surface area contributed by atoms with Gasteiger partial charge in [0.25, 0.3) is 0 Å². The van der Waals surface area contributed by atoms with Crippen LogP contribution in [0.25, 0.3) is 55.0 Å². The molecule has 4 heteroatoms. The molecule has 6 aromatic carbocycles. The molecule has 44 heavy (non-hydrogen) atoms. The summed E-state index contributed by atoms with van der Waals surface area (Å²) in [4.78, 5) is 5.25. The highest BCUT2D eigenvalue weighted by Gasteiger charge is 2.23. The fourth-order valence-electron chi connectivity index (χ4n) is 6.78. The van der Waals surface area contributed by atoms with Crippen molar-refractivity contribution in [3.8, 4) is 5.69 Å². The van der Waals surface area contributed by atoms with Crippen LogP contribution in [0.4, 0.5) is 0 Å². The van der Waals surface area contributed by atoms with Crippen LogP contribution in [0, 0.1) is 0 Å². The third-order valence-electron chi connectivity index (χ3n) is 8.77. The molecule has 3 heterocycles. The van der Waals surface area contributed by atoms with Crippen molar-refractivity contribution in [2.45, 2.75) is 6.04 Å². The quantitative estimate of drug-likeness (QED) is 0.228. The maximum atomic E-state index is 5.25. The van der Waals surface area contributed by atoms with E-state index in [2.05, 4.69) is 166 Å². The highest BCUT2D eigenvalue weighted by atomic mass is 15.2. The number of rotatable bonds is 3. The third-order valence-corrected chi connectivity index (χ3v) is 8.77. The van der Waals surface area contributed by atoms with Crippen molar-refractivity contribution >= 4 is 55.3 Å². The Bertz CT molecular complexity index is 2360. The molecule has 4 nitrogen and oxygen atoms in total. The van der Waals surface area contributed by atoms with Crippen LogP contribution >= 0.6 is 0 Å². The minimum Gasteiger partial charge on any atom is -0.345 e. The summed E-state index contributed by atoms with van der Waals surface area (Å²) < 4.78 is 4.67. The van der Waals surface area contributed by atoms with Gasteiger partial charge in [-0.25, -0.2) is 4.99 Å². The van der Waals surface area contributed by atoms with Gasteiger partial charge in [0.15, 0.2) is 0 Å². The lowest BCUT2D eigenvalue weighted by Crippen LogP contribution is -2.35. The van der Waals surface area contributed by atoms with Crippen LogP contribution in [0.5, 0.6) is 0 Å². The van der Waals surface area contributed by atoms with E-state index in [0.29, 0.717) is 0 Å². The number of benzene rings is 6. The van der Waals surface area contributed by atoms with Crippen molar-refractivity contribution in [2.24, 2.45) is 4.99 Å². The molecule has 0 amide bonds. The van der Waals surface area contributed by atoms with Gasteiger partial charge in [0.1, 0.15) is 0 Å². The highest BCUT2D eigenvalue weighted by molar-refractivity contribution is 6.16. The number of fused-ring (bicyclic) bond motifs is 6. The molecule has 0 aliphatic carbocycles. The molecule has 1 N–H and O–H groups in total. The topological polar surface area (TPSA) is 34.2 Å². The molecule has 1 aliphatic rings. The lowest BCUT2D eigenvalue weighted by molar-refractivity contribution is 0.760. The highest BCUT2D eigenvalue weighted by Crippen LogP contribution is 2.36. The number of hydrogen-bond acceptors (Lipinski definition) is 2. The summed E-state index contributed by atoms with van der Waals surface area (Å²) in [5.74, 6) is 0.816. The molecule has 1 aliphatic heterocycles. The van der Waals surface area contributed by atoms with Crippen LogP contribution in [-0.4, -0.2) is 15.1 Å². The normalized spacial score (nSPS) is 15.0. The second-order valence-electron chi connectivity index (χ2n) is 11.3. The van der Waals surface area contributed by atoms with Gasteiger partial charge in [-0.2, -0.15) is 0 Å². The van der Waals surface area contributed by atoms with Crippen molar-refractivity contribution in [2.75, 3.05) is 0 Å². The Kier molecular flexibility index (Phi) is 5.53. The molecular weight excluding hydrogens is 536 g/mol. The summed E-state index contributed by atoms with van der Waals surface area (Å²) in [6.07, 6.45) is 2.22. The van der Waals surface area contributed by atoms with Crippen LogP contribution in [0.1, 0.15) is 17.2 Å². The monoisotopic (exact) mass is 564 g/mol. The number of para-hydroxylation sites is 3. The molecule has 0 radical (unpaired) electrons. The van der Waals surface area contributed by atoms with Crippen molar-refractivity contribution < 1.29 is 0 Å². The van der Waals surface area contributed by atoms with Gasteiger partial charge in [-0.05, 0) is 48.0 Å². The maximum Gasteiger partial charge on any atom is 0.209 e. The molecule has 0 bridgehead atoms. The summed E-state index contributed by atoms with van der Waals surface area (Å²) in [7, 11) is 0. The van der Waals surface area contributed by atoms with E-state index in [0.717, 1.165) is 33.9 Å². The van der Waals surface area contributed by atoms with Crippen LogP contribution in [0.15, 0.2) is 163 Å². The van der Waals surface area contributed by atoms with Crippen molar-refractivity contribution in [1.29, 1.82) is 0 Å². The summed E-state index contributed by atoms with van der Waals surface area (Å²) in [5, 5.41) is 8.69. The van der Waals surface area contributed by atoms with E-state index in [1.54, 1.807) is 0 Å². The molecule has 0 saturated heterocycles. The van der Waals surface area contributed by atoms with Crippen molar-refractivity contribution in [3.63, 3.8) is 0 Å². The summed E-state index contributed by atoms with van der Waals surface area (Å²) in [6, 6.07) is 53.8. The first-order valence-electron chi connectivity index (χ1n) is 15.0. The molecule has 208 valence electrons. The molecule has 0 spiro atoms. The van der Waals surface area contributed by atoms with Gasteiger partial charge in [-0.3, -0.25) is 4.57 Å². The summed E-state index contributed by atoms with van der Waals surface area (Å²) in [5.41, 5.74) is 9.04. The Morgan fingerprint density at radius 2 is 1.00 bits per heavy atom. The number of hydrogen-bond donors (Lipinski definition) is 1. The van der Waals surface area contributed by atoms with Crippen LogP contribution in [-0.2, 0) is 0 Å². The predicted molar refractivity (Wildman–Crippen MR) is 183 cm³/mol. The SMILES string of the molecule is C1=C(c2ccccc2)N=C(n2c3ccccc3c3cc(-n4c5ccccc5c5ccccc54)ccc32)NC1c1ccccc1. The minimum atomic E-state index is -0.0213. The second kappa shape index (κ2) is 9.85. The van der Waals surface area contributed by atoms with Crippen LogP contribution in [0.2, 0.25) is 0 Å². The van der Waals surface area contributed by atoms with E-state index in [9.17, 15) is 0 Å². The van der Waals surface area contributed by atoms with Crippen molar-refractivity contribution in [3.05, 3.63) is 169 Å². The molecular formula is C40H28N4. The van der Waals surface area contributed by atoms with E-state index < -0.39 is 0 Å². The van der Waals surface area contributed by atoms with E-state index in [1.165, 1.54) is 38.1 Å². The number of aliphatic imine (C=N–C) groups is 1. The average molecular weight is 565 g/mol. The Hall–Kier alpha value is -5.87. The molecule has 0 saturated carbocycles. The Morgan fingerprint density at radius 3 is 1.66 bits per heavy atom. The van der Waals surface area contributed by atoms with Gasteiger partial charge in [0.2, 0.25) is 5.96 Å². The first-order chi connectivity index (χ1) is 21.8. The predicted octanol–water partition coefficient (Wildman–Crippen LogP) is 9.48. The maximum absolute atomic E-state index is 5.25. The molecule has 2 aromatic heterocycles. The molecule has 0 fully saturated rings. The fraction of sp³-hybridized carbons (Fsp3) is 0.0250. The first kappa shape index (κ1) is 24.7. The molecule has 9 rings (SSSR count). The van der Waals surface area contributed by atoms with E-state index in [1.807, 2.05) is 6.07 Å². The summed E-state index contributed by atoms with van der Waals surface area (Å²) >= 11 is 0. The summed E-state index contributed by atoms with van der Waals surface area (Å²) in [6.45, 7) is 0. The Morgan fingerprint density at radius 1 is 0.477 bits per heavy atom. The van der Waals surface area contributed by atoms with Gasteiger partial charge in [0.05, 0.1) is 33.8 Å². The van der Waals surface area contributed by atoms with Gasteiger partial charge >= 0.3 is 0 Å². The van der Waals surface area contributed by atoms with E-state index in [4.69, 9.17) is 4.99 Å². The Labute approximate surface area is 254 Å². The fourth-order valence-corrected chi connectivity index (χ4v) is 6.78. The molecule has 1 atom stereocenters. The zero-order valence-corrected chi connectivity index (χ0v) is 23.9. The standard InChI is InChI=1S/C40H28N4/c1-3-13-27(14-4-1)34-26-35(28-15-5-2-6-16-28)42-40(41-34)44-38-22-12-9-19-32(38)33-25-29(23-24-39(33)44)43-36-20-10-7-17-30(36)31-18-8-11-21-37(31)43/h1-26,34H,(H,41,42). The van der Waals surface area contributed by atoms with Gasteiger partial charge < -0.3 is 9.88 Å². The van der Waals surface area contributed by atoms with Gasteiger partial charge in [0, 0.05) is 32.8 Å².